The van der Waals surface area contributed by atoms with Crippen LogP contribution in [0.1, 0.15) is 42.4 Å². The number of carboxylic acids is 1. The Bertz CT molecular complexity index is 1200. The number of carboxylic acid groups (broad SMARTS) is 1. The maximum absolute atomic E-state index is 11.7. The Labute approximate surface area is 232 Å². The van der Waals surface area contributed by atoms with Crippen molar-refractivity contribution in [1.29, 1.82) is 0 Å². The number of likely N-dealkylation sites (tertiary alicyclic amines) is 1. The Morgan fingerprint density at radius 1 is 0.923 bits per heavy atom. The number of rotatable bonds is 15. The number of pyridine rings is 1. The second-order valence-corrected chi connectivity index (χ2v) is 10.2. The number of carbonyl (C=O) groups is 1. The minimum atomic E-state index is -0.857. The van der Waals surface area contributed by atoms with Crippen molar-refractivity contribution in [2.24, 2.45) is 0 Å². The first kappa shape index (κ1) is 28.6. The first-order valence-electron chi connectivity index (χ1n) is 14.1. The van der Waals surface area contributed by atoms with E-state index in [-0.39, 0.29) is 0 Å². The predicted octanol–water partition coefficient (Wildman–Crippen LogP) is 5.28. The van der Waals surface area contributed by atoms with Gasteiger partial charge in [0.2, 0.25) is 0 Å². The van der Waals surface area contributed by atoms with Crippen LogP contribution < -0.4 is 14.8 Å². The highest BCUT2D eigenvalue weighted by Crippen LogP contribution is 2.35. The van der Waals surface area contributed by atoms with Gasteiger partial charge in [0.1, 0.15) is 17.5 Å². The predicted molar refractivity (Wildman–Crippen MR) is 155 cm³/mol. The Balaban J connectivity index is 1.28. The number of aliphatic carboxylic acids is 1. The third-order valence-electron chi connectivity index (χ3n) is 7.39. The van der Waals surface area contributed by atoms with E-state index in [1.165, 1.54) is 25.9 Å². The third-order valence-corrected chi connectivity index (χ3v) is 7.39. The normalized spacial score (nSPS) is 14.3. The molecule has 0 spiro atoms. The first-order valence-corrected chi connectivity index (χ1v) is 14.1. The summed E-state index contributed by atoms with van der Waals surface area (Å²) in [4.78, 5) is 18.2. The summed E-state index contributed by atoms with van der Waals surface area (Å²) >= 11 is 0. The molecule has 0 radical (unpaired) electrons. The van der Waals surface area contributed by atoms with Gasteiger partial charge in [-0.1, -0.05) is 24.3 Å². The number of aromatic nitrogens is 1. The molecule has 2 N–H and O–H groups in total. The van der Waals surface area contributed by atoms with E-state index in [0.29, 0.717) is 26.0 Å². The Kier molecular flexibility index (Phi) is 10.7. The van der Waals surface area contributed by atoms with Gasteiger partial charge in [-0.15, -0.1) is 0 Å². The third kappa shape index (κ3) is 8.28. The van der Waals surface area contributed by atoms with Crippen molar-refractivity contribution < 1.29 is 19.4 Å². The van der Waals surface area contributed by atoms with E-state index in [0.717, 1.165) is 58.9 Å². The molecule has 1 fully saturated rings. The summed E-state index contributed by atoms with van der Waals surface area (Å²) in [5.74, 6) is 0.922. The number of hydrogen-bond donors (Lipinski definition) is 2. The zero-order valence-electron chi connectivity index (χ0n) is 23.2. The van der Waals surface area contributed by atoms with E-state index in [4.69, 9.17) is 9.47 Å². The van der Waals surface area contributed by atoms with E-state index >= 15 is 0 Å². The van der Waals surface area contributed by atoms with Gasteiger partial charge in [-0.3, -0.25) is 9.78 Å². The van der Waals surface area contributed by atoms with Gasteiger partial charge in [-0.25, -0.2) is 0 Å². The van der Waals surface area contributed by atoms with E-state index in [9.17, 15) is 9.90 Å². The number of benzene rings is 2. The fourth-order valence-electron chi connectivity index (χ4n) is 5.13. The molecule has 4 rings (SSSR count). The van der Waals surface area contributed by atoms with Gasteiger partial charge in [-0.05, 0) is 118 Å². The van der Waals surface area contributed by atoms with Crippen molar-refractivity contribution in [2.45, 2.75) is 52.0 Å². The average molecular weight is 532 g/mol. The fraction of sp³-hybridized carbons (Fsp3) is 0.438. The highest BCUT2D eigenvalue weighted by molar-refractivity contribution is 5.75. The monoisotopic (exact) mass is 531 g/mol. The summed E-state index contributed by atoms with van der Waals surface area (Å²) in [5.41, 5.74) is 5.45. The maximum atomic E-state index is 11.7. The molecule has 0 aliphatic carbocycles. The summed E-state index contributed by atoms with van der Waals surface area (Å²) < 4.78 is 12.3. The molecule has 7 heteroatoms. The largest absolute Gasteiger partial charge is 0.493 e. The molecule has 0 amide bonds. The van der Waals surface area contributed by atoms with Gasteiger partial charge in [0.25, 0.3) is 0 Å². The maximum Gasteiger partial charge on any atom is 0.321 e. The van der Waals surface area contributed by atoms with Crippen LogP contribution in [0.25, 0.3) is 11.1 Å². The van der Waals surface area contributed by atoms with Gasteiger partial charge >= 0.3 is 5.97 Å². The molecule has 0 unspecified atom stereocenters. The van der Waals surface area contributed by atoms with Gasteiger partial charge in [0.15, 0.2) is 0 Å². The molecule has 7 nitrogen and oxygen atoms in total. The van der Waals surface area contributed by atoms with Crippen LogP contribution in [-0.4, -0.2) is 66.4 Å². The highest BCUT2D eigenvalue weighted by Gasteiger charge is 2.17. The molecular weight excluding hydrogens is 490 g/mol. The molecule has 1 aliphatic heterocycles. The van der Waals surface area contributed by atoms with Crippen LogP contribution in [0.15, 0.2) is 60.9 Å². The SMILES string of the molecule is Cc1c(OCCCN[C@@H](Cc2ccncc2)C(=O)O)cccc1-c1cccc(OCCCN2CCCC2)c1C. The minimum Gasteiger partial charge on any atom is -0.493 e. The summed E-state index contributed by atoms with van der Waals surface area (Å²) in [6.45, 7) is 9.53. The molecule has 39 heavy (non-hydrogen) atoms. The molecule has 1 aromatic heterocycles. The van der Waals surface area contributed by atoms with Crippen molar-refractivity contribution in [3.05, 3.63) is 77.6 Å². The molecule has 2 heterocycles. The zero-order valence-corrected chi connectivity index (χ0v) is 23.2. The summed E-state index contributed by atoms with van der Waals surface area (Å²) in [7, 11) is 0. The van der Waals surface area contributed by atoms with Crippen molar-refractivity contribution in [3.8, 4) is 22.6 Å². The van der Waals surface area contributed by atoms with Crippen molar-refractivity contribution in [3.63, 3.8) is 0 Å². The lowest BCUT2D eigenvalue weighted by atomic mass is 9.95. The van der Waals surface area contributed by atoms with Crippen LogP contribution in [0.5, 0.6) is 11.5 Å². The smallest absolute Gasteiger partial charge is 0.321 e. The molecular formula is C32H41N3O4. The van der Waals surface area contributed by atoms with Crippen LogP contribution >= 0.6 is 0 Å². The van der Waals surface area contributed by atoms with Crippen molar-refractivity contribution in [1.82, 2.24) is 15.2 Å². The van der Waals surface area contributed by atoms with Crippen LogP contribution in [0, 0.1) is 13.8 Å². The quantitative estimate of drug-likeness (QED) is 0.258. The molecule has 1 saturated heterocycles. The standard InChI is InChI=1S/C32H41N3O4/c1-24-27(28-10-6-12-31(25(28)2)39-22-8-20-35-18-3-4-19-35)9-5-11-30(24)38-21-7-15-34-29(32(36)37)23-26-13-16-33-17-14-26/h5-6,9-14,16-17,29,34H,3-4,7-8,15,18-23H2,1-2H3,(H,36,37)/t29-/m0/s1. The van der Waals surface area contributed by atoms with Crippen LogP contribution in [0.3, 0.4) is 0 Å². The van der Waals surface area contributed by atoms with Gasteiger partial charge in [-0.2, -0.15) is 0 Å². The second-order valence-electron chi connectivity index (χ2n) is 10.2. The van der Waals surface area contributed by atoms with E-state index in [2.05, 4.69) is 53.3 Å². The molecule has 1 aliphatic rings. The van der Waals surface area contributed by atoms with Crippen LogP contribution in [0.4, 0.5) is 0 Å². The summed E-state index contributed by atoms with van der Waals surface area (Å²) in [6.07, 6.45) is 8.15. The summed E-state index contributed by atoms with van der Waals surface area (Å²) in [6, 6.07) is 15.4. The molecule has 0 bridgehead atoms. The number of nitrogens with one attached hydrogen (secondary N) is 1. The van der Waals surface area contributed by atoms with Gasteiger partial charge < -0.3 is 24.8 Å². The minimum absolute atomic E-state index is 0.417. The Hall–Kier alpha value is -3.42. The number of ether oxygens (including phenoxy) is 2. The van der Waals surface area contributed by atoms with E-state index in [1.807, 2.05) is 24.3 Å². The topological polar surface area (TPSA) is 83.9 Å². The summed E-state index contributed by atoms with van der Waals surface area (Å²) in [5, 5.41) is 12.7. The first-order chi connectivity index (χ1) is 19.0. The molecule has 3 aromatic rings. The highest BCUT2D eigenvalue weighted by atomic mass is 16.5. The Morgan fingerprint density at radius 2 is 1.51 bits per heavy atom. The lowest BCUT2D eigenvalue weighted by molar-refractivity contribution is -0.139. The van der Waals surface area contributed by atoms with Crippen molar-refractivity contribution >= 4 is 5.97 Å². The number of nitrogens with zero attached hydrogens (tertiary/aromatic N) is 2. The number of hydrogen-bond acceptors (Lipinski definition) is 6. The lowest BCUT2D eigenvalue weighted by Gasteiger charge is -2.18. The molecule has 1 atom stereocenters. The lowest BCUT2D eigenvalue weighted by Crippen LogP contribution is -2.39. The molecule has 208 valence electrons. The van der Waals surface area contributed by atoms with Crippen LogP contribution in [-0.2, 0) is 11.2 Å². The van der Waals surface area contributed by atoms with Crippen molar-refractivity contribution in [2.75, 3.05) is 39.4 Å². The zero-order chi connectivity index (χ0) is 27.5. The second kappa shape index (κ2) is 14.7. The van der Waals surface area contributed by atoms with Gasteiger partial charge in [0.05, 0.1) is 13.2 Å². The average Bonchev–Trinajstić information content (AvgIpc) is 3.46. The van der Waals surface area contributed by atoms with Crippen LogP contribution in [0.2, 0.25) is 0 Å². The fourth-order valence-corrected chi connectivity index (χ4v) is 5.13. The van der Waals surface area contributed by atoms with E-state index < -0.39 is 12.0 Å². The van der Waals surface area contributed by atoms with Gasteiger partial charge in [0, 0.05) is 18.9 Å². The van der Waals surface area contributed by atoms with E-state index in [1.54, 1.807) is 12.4 Å². The Morgan fingerprint density at radius 3 is 2.10 bits per heavy atom. The molecule has 0 saturated carbocycles. The molecule has 2 aromatic carbocycles.